The SMILES string of the molecule is CCNc1nc(CSC(C)CC)nc(C(C)(C)C)c1I. The third kappa shape index (κ3) is 5.06. The molecule has 0 aromatic carbocycles. The van der Waals surface area contributed by atoms with E-state index in [0.29, 0.717) is 5.25 Å². The Morgan fingerprint density at radius 2 is 1.90 bits per heavy atom. The first-order valence-corrected chi connectivity index (χ1v) is 9.34. The third-order valence-corrected chi connectivity index (χ3v) is 5.37. The van der Waals surface area contributed by atoms with E-state index in [4.69, 9.17) is 9.97 Å². The molecule has 1 heterocycles. The summed E-state index contributed by atoms with van der Waals surface area (Å²) in [4.78, 5) is 9.51. The van der Waals surface area contributed by atoms with Gasteiger partial charge in [0.1, 0.15) is 11.6 Å². The van der Waals surface area contributed by atoms with Crippen LogP contribution >= 0.6 is 34.4 Å². The average molecular weight is 407 g/mol. The van der Waals surface area contributed by atoms with Crippen LogP contribution < -0.4 is 5.32 Å². The van der Waals surface area contributed by atoms with Crippen LogP contribution in [-0.2, 0) is 11.2 Å². The van der Waals surface area contributed by atoms with Gasteiger partial charge in [-0.05, 0) is 35.9 Å². The molecule has 5 heteroatoms. The van der Waals surface area contributed by atoms with Crippen molar-refractivity contribution < 1.29 is 0 Å². The number of thioether (sulfide) groups is 1. The lowest BCUT2D eigenvalue weighted by atomic mass is 9.92. The molecule has 0 saturated heterocycles. The second-order valence-corrected chi connectivity index (χ2v) is 8.47. The molecule has 1 aromatic rings. The summed E-state index contributed by atoms with van der Waals surface area (Å²) in [6, 6.07) is 0. The Kier molecular flexibility index (Phi) is 7.04. The molecule has 0 aliphatic heterocycles. The lowest BCUT2D eigenvalue weighted by Crippen LogP contribution is -2.20. The lowest BCUT2D eigenvalue weighted by molar-refractivity contribution is 0.560. The fourth-order valence-electron chi connectivity index (χ4n) is 1.67. The highest BCUT2D eigenvalue weighted by molar-refractivity contribution is 14.1. The molecule has 0 radical (unpaired) electrons. The molecule has 3 nitrogen and oxygen atoms in total. The maximum atomic E-state index is 4.81. The Balaban J connectivity index is 3.09. The number of aromatic nitrogens is 2. The summed E-state index contributed by atoms with van der Waals surface area (Å²) >= 11 is 4.29. The molecule has 0 amide bonds. The van der Waals surface area contributed by atoms with Gasteiger partial charge in [-0.15, -0.1) is 0 Å². The largest absolute Gasteiger partial charge is 0.369 e. The highest BCUT2D eigenvalue weighted by Gasteiger charge is 2.23. The second kappa shape index (κ2) is 7.82. The van der Waals surface area contributed by atoms with Crippen LogP contribution in [0.25, 0.3) is 0 Å². The van der Waals surface area contributed by atoms with Crippen molar-refractivity contribution in [3.05, 3.63) is 15.1 Å². The molecule has 0 saturated carbocycles. The van der Waals surface area contributed by atoms with Gasteiger partial charge in [-0.1, -0.05) is 34.6 Å². The summed E-state index contributed by atoms with van der Waals surface area (Å²) in [7, 11) is 0. The quantitative estimate of drug-likeness (QED) is 0.685. The molecule has 1 N–H and O–H groups in total. The molecule has 1 unspecified atom stereocenters. The predicted molar refractivity (Wildman–Crippen MR) is 98.7 cm³/mol. The van der Waals surface area contributed by atoms with E-state index >= 15 is 0 Å². The Morgan fingerprint density at radius 1 is 1.25 bits per heavy atom. The van der Waals surface area contributed by atoms with Crippen LogP contribution in [0.5, 0.6) is 0 Å². The molecule has 0 aliphatic rings. The molecule has 1 aromatic heterocycles. The zero-order chi connectivity index (χ0) is 15.3. The van der Waals surface area contributed by atoms with Crippen LogP contribution in [0, 0.1) is 3.57 Å². The Labute approximate surface area is 141 Å². The standard InChI is InChI=1S/C15H26IN3S/c1-7-10(3)20-9-11-18-13(15(4,5)6)12(16)14(19-11)17-8-2/h10H,7-9H2,1-6H3,(H,17,18,19). The van der Waals surface area contributed by atoms with Crippen LogP contribution in [0.3, 0.4) is 0 Å². The van der Waals surface area contributed by atoms with Gasteiger partial charge in [0.15, 0.2) is 0 Å². The molecule has 1 atom stereocenters. The van der Waals surface area contributed by atoms with E-state index in [0.717, 1.165) is 33.2 Å². The van der Waals surface area contributed by atoms with Crippen LogP contribution in [0.2, 0.25) is 0 Å². The first kappa shape index (κ1) is 18.0. The molecule has 0 fully saturated rings. The van der Waals surface area contributed by atoms with Gasteiger partial charge in [0.2, 0.25) is 0 Å². The lowest BCUT2D eigenvalue weighted by Gasteiger charge is -2.22. The van der Waals surface area contributed by atoms with Crippen LogP contribution in [0.4, 0.5) is 5.82 Å². The van der Waals surface area contributed by atoms with Gasteiger partial charge in [-0.2, -0.15) is 11.8 Å². The smallest absolute Gasteiger partial charge is 0.143 e. The van der Waals surface area contributed by atoms with E-state index in [2.05, 4.69) is 69.5 Å². The van der Waals surface area contributed by atoms with Crippen LogP contribution in [-0.4, -0.2) is 21.8 Å². The summed E-state index contributed by atoms with van der Waals surface area (Å²) in [5.74, 6) is 2.80. The second-order valence-electron chi connectivity index (χ2n) is 5.96. The summed E-state index contributed by atoms with van der Waals surface area (Å²) < 4.78 is 1.15. The van der Waals surface area contributed by atoms with Gasteiger partial charge in [0.05, 0.1) is 15.0 Å². The van der Waals surface area contributed by atoms with Crippen molar-refractivity contribution in [3.8, 4) is 0 Å². The number of nitrogens with one attached hydrogen (secondary N) is 1. The minimum Gasteiger partial charge on any atom is -0.369 e. The van der Waals surface area contributed by atoms with Crippen molar-refractivity contribution in [2.75, 3.05) is 11.9 Å². The molecular weight excluding hydrogens is 381 g/mol. The first-order chi connectivity index (χ1) is 9.29. The maximum absolute atomic E-state index is 4.81. The highest BCUT2D eigenvalue weighted by Crippen LogP contribution is 2.30. The van der Waals surface area contributed by atoms with Gasteiger partial charge in [0.25, 0.3) is 0 Å². The normalized spacial score (nSPS) is 13.3. The number of hydrogen-bond acceptors (Lipinski definition) is 4. The number of nitrogens with zero attached hydrogens (tertiary/aromatic N) is 2. The van der Waals surface area contributed by atoms with Crippen molar-refractivity contribution in [1.29, 1.82) is 0 Å². The van der Waals surface area contributed by atoms with E-state index in [9.17, 15) is 0 Å². The monoisotopic (exact) mass is 407 g/mol. The fourth-order valence-corrected chi connectivity index (χ4v) is 3.71. The molecule has 0 spiro atoms. The number of rotatable bonds is 6. The number of anilines is 1. The number of halogens is 1. The van der Waals surface area contributed by atoms with E-state index in [-0.39, 0.29) is 5.41 Å². The van der Waals surface area contributed by atoms with Crippen molar-refractivity contribution in [2.24, 2.45) is 0 Å². The van der Waals surface area contributed by atoms with Crippen molar-refractivity contribution >= 4 is 40.2 Å². The summed E-state index contributed by atoms with van der Waals surface area (Å²) in [5, 5.41) is 4.01. The fraction of sp³-hybridized carbons (Fsp3) is 0.733. The minimum atomic E-state index is 0.0411. The van der Waals surface area contributed by atoms with Gasteiger partial charge in [0, 0.05) is 17.2 Å². The van der Waals surface area contributed by atoms with E-state index in [1.165, 1.54) is 6.42 Å². The molecule has 114 valence electrons. The summed E-state index contributed by atoms with van der Waals surface area (Å²) in [6.45, 7) is 14.1. The number of hydrogen-bond donors (Lipinski definition) is 1. The molecule has 1 rings (SSSR count). The zero-order valence-corrected chi connectivity index (χ0v) is 16.4. The summed E-state index contributed by atoms with van der Waals surface area (Å²) in [6.07, 6.45) is 1.18. The van der Waals surface area contributed by atoms with Gasteiger partial charge < -0.3 is 5.32 Å². The van der Waals surface area contributed by atoms with Gasteiger partial charge in [-0.25, -0.2) is 9.97 Å². The van der Waals surface area contributed by atoms with E-state index in [1.807, 2.05) is 11.8 Å². The van der Waals surface area contributed by atoms with E-state index < -0.39 is 0 Å². The molecular formula is C15H26IN3S. The molecule has 0 aliphatic carbocycles. The predicted octanol–water partition coefficient (Wildman–Crippen LogP) is 4.84. The topological polar surface area (TPSA) is 37.8 Å². The van der Waals surface area contributed by atoms with Gasteiger partial charge >= 0.3 is 0 Å². The van der Waals surface area contributed by atoms with Crippen LogP contribution in [0.1, 0.15) is 59.5 Å². The van der Waals surface area contributed by atoms with Crippen molar-refractivity contribution in [1.82, 2.24) is 9.97 Å². The van der Waals surface area contributed by atoms with E-state index in [1.54, 1.807) is 0 Å². The third-order valence-electron chi connectivity index (χ3n) is 3.02. The highest BCUT2D eigenvalue weighted by atomic mass is 127. The van der Waals surface area contributed by atoms with Gasteiger partial charge in [-0.3, -0.25) is 0 Å². The maximum Gasteiger partial charge on any atom is 0.143 e. The van der Waals surface area contributed by atoms with Crippen molar-refractivity contribution in [3.63, 3.8) is 0 Å². The Morgan fingerprint density at radius 3 is 2.40 bits per heavy atom. The van der Waals surface area contributed by atoms with Crippen molar-refractivity contribution in [2.45, 2.75) is 64.4 Å². The Hall–Kier alpha value is -0.0400. The Bertz CT molecular complexity index is 443. The average Bonchev–Trinajstić information content (AvgIpc) is 2.37. The first-order valence-electron chi connectivity index (χ1n) is 7.21. The zero-order valence-electron chi connectivity index (χ0n) is 13.4. The minimum absolute atomic E-state index is 0.0411. The van der Waals surface area contributed by atoms with Crippen LogP contribution in [0.15, 0.2) is 0 Å². The molecule has 0 bridgehead atoms. The molecule has 20 heavy (non-hydrogen) atoms. The summed E-state index contributed by atoms with van der Waals surface area (Å²) in [5.41, 5.74) is 1.18.